The number of hydrogen-bond donors (Lipinski definition) is 3. The second-order valence-electron chi connectivity index (χ2n) is 6.35. The molecule has 0 fully saturated rings. The van der Waals surface area contributed by atoms with Crippen molar-refractivity contribution in [1.82, 2.24) is 4.98 Å². The molecule has 0 aliphatic rings. The number of aryl methyl sites for hydroxylation is 1. The number of rotatable bonds is 4. The van der Waals surface area contributed by atoms with Crippen LogP contribution in [0.2, 0.25) is 0 Å². The Labute approximate surface area is 119 Å². The van der Waals surface area contributed by atoms with Gasteiger partial charge in [0.05, 0.1) is 11.2 Å². The van der Waals surface area contributed by atoms with Crippen molar-refractivity contribution < 1.29 is 14.8 Å². The van der Waals surface area contributed by atoms with Crippen LogP contribution >= 0.6 is 0 Å². The minimum atomic E-state index is -1.11. The Morgan fingerprint density at radius 3 is 2.40 bits per heavy atom. The van der Waals surface area contributed by atoms with E-state index in [1.54, 1.807) is 27.7 Å². The highest BCUT2D eigenvalue weighted by Gasteiger charge is 2.39. The van der Waals surface area contributed by atoms with Crippen LogP contribution in [0.15, 0.2) is 24.3 Å². The zero-order chi connectivity index (χ0) is 15.1. The molecule has 108 valence electrons. The standard InChI is InChI=1S/C15H22BNO3/c1-10-6-7-11-9-13(17-12(11)8-10)16(19)20-15(4,5)14(2,3)18/h6-9,17-19H,1-5H3. The van der Waals surface area contributed by atoms with Gasteiger partial charge in [0.25, 0.3) is 0 Å². The summed E-state index contributed by atoms with van der Waals surface area (Å²) in [5, 5.41) is 21.3. The highest BCUT2D eigenvalue weighted by molar-refractivity contribution is 6.59. The topological polar surface area (TPSA) is 65.5 Å². The Kier molecular flexibility index (Phi) is 3.71. The number of aliphatic hydroxyl groups is 1. The van der Waals surface area contributed by atoms with Crippen molar-refractivity contribution in [2.45, 2.75) is 45.8 Å². The number of fused-ring (bicyclic) bond motifs is 1. The van der Waals surface area contributed by atoms with Crippen molar-refractivity contribution in [1.29, 1.82) is 0 Å². The molecule has 2 aromatic rings. The molecule has 0 atom stereocenters. The molecule has 0 saturated heterocycles. The molecular formula is C15H22BNO3. The van der Waals surface area contributed by atoms with Crippen LogP contribution in [0.25, 0.3) is 10.9 Å². The number of aromatic nitrogens is 1. The molecule has 0 saturated carbocycles. The van der Waals surface area contributed by atoms with Crippen LogP contribution in [-0.4, -0.2) is 33.4 Å². The maximum Gasteiger partial charge on any atom is 0.508 e. The van der Waals surface area contributed by atoms with Crippen molar-refractivity contribution in [2.75, 3.05) is 0 Å². The van der Waals surface area contributed by atoms with Gasteiger partial charge in [0.15, 0.2) is 0 Å². The fourth-order valence-electron chi connectivity index (χ4n) is 1.88. The predicted molar refractivity (Wildman–Crippen MR) is 82.1 cm³/mol. The van der Waals surface area contributed by atoms with Crippen molar-refractivity contribution in [3.63, 3.8) is 0 Å². The van der Waals surface area contributed by atoms with E-state index in [9.17, 15) is 10.1 Å². The smallest absolute Gasteiger partial charge is 0.422 e. The lowest BCUT2D eigenvalue weighted by Crippen LogP contribution is -2.53. The first-order valence-electron chi connectivity index (χ1n) is 6.78. The molecule has 1 heterocycles. The Balaban J connectivity index is 2.25. The molecule has 0 radical (unpaired) electrons. The third-order valence-electron chi connectivity index (χ3n) is 3.94. The maximum atomic E-state index is 10.2. The molecule has 20 heavy (non-hydrogen) atoms. The number of benzene rings is 1. The lowest BCUT2D eigenvalue weighted by Gasteiger charge is -2.38. The molecule has 0 amide bonds. The van der Waals surface area contributed by atoms with Crippen LogP contribution in [-0.2, 0) is 4.65 Å². The van der Waals surface area contributed by atoms with E-state index in [2.05, 4.69) is 4.98 Å². The molecule has 0 aliphatic carbocycles. The van der Waals surface area contributed by atoms with Gasteiger partial charge >= 0.3 is 7.12 Å². The van der Waals surface area contributed by atoms with E-state index in [-0.39, 0.29) is 0 Å². The maximum absolute atomic E-state index is 10.2. The molecule has 0 spiro atoms. The summed E-state index contributed by atoms with van der Waals surface area (Å²) >= 11 is 0. The normalized spacial score (nSPS) is 12.9. The van der Waals surface area contributed by atoms with E-state index in [1.165, 1.54) is 0 Å². The molecule has 0 bridgehead atoms. The van der Waals surface area contributed by atoms with E-state index in [4.69, 9.17) is 4.65 Å². The van der Waals surface area contributed by atoms with Gasteiger partial charge in [-0.1, -0.05) is 12.1 Å². The first-order valence-corrected chi connectivity index (χ1v) is 6.78. The number of H-pyrrole nitrogens is 1. The van der Waals surface area contributed by atoms with Gasteiger partial charge in [-0.2, -0.15) is 0 Å². The van der Waals surface area contributed by atoms with Crippen LogP contribution in [0, 0.1) is 6.92 Å². The molecule has 0 unspecified atom stereocenters. The van der Waals surface area contributed by atoms with E-state index >= 15 is 0 Å². The van der Waals surface area contributed by atoms with E-state index in [0.717, 1.165) is 16.5 Å². The van der Waals surface area contributed by atoms with Crippen LogP contribution < -0.4 is 5.59 Å². The average molecular weight is 275 g/mol. The van der Waals surface area contributed by atoms with E-state index in [0.29, 0.717) is 5.59 Å². The van der Waals surface area contributed by atoms with Crippen molar-refractivity contribution in [3.8, 4) is 0 Å². The Hall–Kier alpha value is -1.30. The Bertz CT molecular complexity index is 613. The lowest BCUT2D eigenvalue weighted by atomic mass is 9.80. The molecule has 0 aliphatic heterocycles. The summed E-state index contributed by atoms with van der Waals surface area (Å²) in [5.74, 6) is 0. The summed E-state index contributed by atoms with van der Waals surface area (Å²) in [6.07, 6.45) is 0. The molecule has 1 aromatic heterocycles. The fourth-order valence-corrected chi connectivity index (χ4v) is 1.88. The monoisotopic (exact) mass is 275 g/mol. The second-order valence-corrected chi connectivity index (χ2v) is 6.35. The fraction of sp³-hybridized carbons (Fsp3) is 0.467. The van der Waals surface area contributed by atoms with Gasteiger partial charge in [0, 0.05) is 11.1 Å². The SMILES string of the molecule is Cc1ccc2cc(B(O)OC(C)(C)C(C)(C)O)[nH]c2c1. The minimum Gasteiger partial charge on any atom is -0.422 e. The van der Waals surface area contributed by atoms with Crippen molar-refractivity contribution >= 4 is 23.6 Å². The zero-order valence-corrected chi connectivity index (χ0v) is 12.7. The number of aromatic amines is 1. The summed E-state index contributed by atoms with van der Waals surface area (Å²) in [7, 11) is -1.11. The van der Waals surface area contributed by atoms with Gasteiger partial charge in [0.2, 0.25) is 0 Å². The summed E-state index contributed by atoms with van der Waals surface area (Å²) in [6, 6.07) is 7.90. The first-order chi connectivity index (χ1) is 9.10. The summed E-state index contributed by atoms with van der Waals surface area (Å²) in [4.78, 5) is 3.15. The number of hydrogen-bond acceptors (Lipinski definition) is 3. The quantitative estimate of drug-likeness (QED) is 0.744. The van der Waals surface area contributed by atoms with Gasteiger partial charge in [-0.05, 0) is 57.7 Å². The molecule has 4 nitrogen and oxygen atoms in total. The average Bonchev–Trinajstić information content (AvgIpc) is 2.69. The summed E-state index contributed by atoms with van der Waals surface area (Å²) in [6.45, 7) is 8.85. The molecule has 5 heteroatoms. The van der Waals surface area contributed by atoms with Crippen LogP contribution in [0.4, 0.5) is 0 Å². The molecule has 1 aromatic carbocycles. The van der Waals surface area contributed by atoms with Crippen LogP contribution in [0.1, 0.15) is 33.3 Å². The van der Waals surface area contributed by atoms with Gasteiger partial charge in [0.1, 0.15) is 0 Å². The van der Waals surface area contributed by atoms with Gasteiger partial charge in [-0.3, -0.25) is 0 Å². The third-order valence-corrected chi connectivity index (χ3v) is 3.94. The Morgan fingerprint density at radius 1 is 1.15 bits per heavy atom. The zero-order valence-electron chi connectivity index (χ0n) is 12.7. The van der Waals surface area contributed by atoms with Crippen molar-refractivity contribution in [2.24, 2.45) is 0 Å². The van der Waals surface area contributed by atoms with E-state index < -0.39 is 18.3 Å². The van der Waals surface area contributed by atoms with Crippen LogP contribution in [0.5, 0.6) is 0 Å². The van der Waals surface area contributed by atoms with Gasteiger partial charge in [-0.15, -0.1) is 0 Å². The largest absolute Gasteiger partial charge is 0.508 e. The lowest BCUT2D eigenvalue weighted by molar-refractivity contribution is -0.0983. The molecule has 2 rings (SSSR count). The minimum absolute atomic E-state index is 0.586. The summed E-state index contributed by atoms with van der Waals surface area (Å²) in [5.41, 5.74) is 0.765. The van der Waals surface area contributed by atoms with Gasteiger partial charge in [-0.25, -0.2) is 0 Å². The third kappa shape index (κ3) is 2.90. The Morgan fingerprint density at radius 2 is 1.80 bits per heavy atom. The van der Waals surface area contributed by atoms with Crippen molar-refractivity contribution in [3.05, 3.63) is 29.8 Å². The highest BCUT2D eigenvalue weighted by Crippen LogP contribution is 2.25. The second kappa shape index (κ2) is 4.92. The predicted octanol–water partition coefficient (Wildman–Crippen LogP) is 1.73. The molecular weight excluding hydrogens is 253 g/mol. The number of nitrogens with one attached hydrogen (secondary N) is 1. The molecule has 3 N–H and O–H groups in total. The van der Waals surface area contributed by atoms with Crippen LogP contribution in [0.3, 0.4) is 0 Å². The highest BCUT2D eigenvalue weighted by atomic mass is 16.5. The first kappa shape index (κ1) is 15.1. The summed E-state index contributed by atoms with van der Waals surface area (Å²) < 4.78 is 5.62. The van der Waals surface area contributed by atoms with E-state index in [1.807, 2.05) is 31.2 Å². The van der Waals surface area contributed by atoms with Gasteiger partial charge < -0.3 is 19.8 Å².